The molecule has 0 aliphatic carbocycles. The average Bonchev–Trinajstić information content (AvgIpc) is 3.19. The van der Waals surface area contributed by atoms with Crippen molar-refractivity contribution in [3.63, 3.8) is 0 Å². The summed E-state index contributed by atoms with van der Waals surface area (Å²) in [7, 11) is 0. The van der Waals surface area contributed by atoms with Crippen molar-refractivity contribution in [3.05, 3.63) is 58.9 Å². The van der Waals surface area contributed by atoms with Gasteiger partial charge in [-0.3, -0.25) is 0 Å². The summed E-state index contributed by atoms with van der Waals surface area (Å²) in [6.07, 6.45) is 2.23. The molecule has 2 aromatic carbocycles. The maximum absolute atomic E-state index is 13.4. The molecule has 0 unspecified atom stereocenters. The summed E-state index contributed by atoms with van der Waals surface area (Å²) in [5.74, 6) is 0.953. The number of nitrogens with one attached hydrogen (secondary N) is 2. The average molecular weight is 399 g/mol. The van der Waals surface area contributed by atoms with E-state index in [1.54, 1.807) is 6.07 Å². The van der Waals surface area contributed by atoms with Gasteiger partial charge in [0.1, 0.15) is 5.82 Å². The smallest absolute Gasteiger partial charge is 0.233 e. The van der Waals surface area contributed by atoms with Gasteiger partial charge >= 0.3 is 0 Å². The SMILES string of the molecule is Cc1cccc(Nc2nc(Nc3ccc(F)c(Cl)c3)nc(N3CCCC3)n2)c1. The molecule has 0 amide bonds. The van der Waals surface area contributed by atoms with Crippen LogP contribution in [0, 0.1) is 12.7 Å². The van der Waals surface area contributed by atoms with Crippen molar-refractivity contribution in [1.82, 2.24) is 15.0 Å². The number of hydrogen-bond donors (Lipinski definition) is 2. The van der Waals surface area contributed by atoms with Gasteiger partial charge in [-0.2, -0.15) is 15.0 Å². The molecule has 1 fully saturated rings. The summed E-state index contributed by atoms with van der Waals surface area (Å²) < 4.78 is 13.4. The Morgan fingerprint density at radius 3 is 2.25 bits per heavy atom. The summed E-state index contributed by atoms with van der Waals surface area (Å²) in [5, 5.41) is 6.37. The van der Waals surface area contributed by atoms with E-state index in [2.05, 4.69) is 30.5 Å². The third-order valence-electron chi connectivity index (χ3n) is 4.46. The lowest BCUT2D eigenvalue weighted by atomic mass is 10.2. The summed E-state index contributed by atoms with van der Waals surface area (Å²) in [6.45, 7) is 3.85. The minimum absolute atomic E-state index is 0.0388. The van der Waals surface area contributed by atoms with E-state index in [4.69, 9.17) is 11.6 Å². The van der Waals surface area contributed by atoms with E-state index in [1.165, 1.54) is 12.1 Å². The van der Waals surface area contributed by atoms with Crippen LogP contribution in [0.25, 0.3) is 0 Å². The van der Waals surface area contributed by atoms with Crippen molar-refractivity contribution in [2.75, 3.05) is 28.6 Å². The molecule has 6 nitrogen and oxygen atoms in total. The minimum Gasteiger partial charge on any atom is -0.341 e. The number of rotatable bonds is 5. The van der Waals surface area contributed by atoms with Gasteiger partial charge in [-0.25, -0.2) is 4.39 Å². The zero-order chi connectivity index (χ0) is 19.5. The van der Waals surface area contributed by atoms with E-state index < -0.39 is 5.82 Å². The van der Waals surface area contributed by atoms with E-state index in [1.807, 2.05) is 31.2 Å². The van der Waals surface area contributed by atoms with Crippen molar-refractivity contribution in [2.45, 2.75) is 19.8 Å². The Morgan fingerprint density at radius 2 is 1.61 bits per heavy atom. The van der Waals surface area contributed by atoms with Crippen LogP contribution >= 0.6 is 11.6 Å². The highest BCUT2D eigenvalue weighted by molar-refractivity contribution is 6.31. The van der Waals surface area contributed by atoms with Crippen molar-refractivity contribution < 1.29 is 4.39 Å². The number of nitrogens with zero attached hydrogens (tertiary/aromatic N) is 4. The molecule has 0 bridgehead atoms. The van der Waals surface area contributed by atoms with Crippen molar-refractivity contribution in [1.29, 1.82) is 0 Å². The van der Waals surface area contributed by atoms with Gasteiger partial charge in [-0.1, -0.05) is 23.7 Å². The monoisotopic (exact) mass is 398 g/mol. The topological polar surface area (TPSA) is 66.0 Å². The maximum atomic E-state index is 13.4. The first-order chi connectivity index (χ1) is 13.6. The molecule has 1 aliphatic heterocycles. The second-order valence-corrected chi connectivity index (χ2v) is 7.13. The molecule has 0 spiro atoms. The standard InChI is InChI=1S/C20H20ClFN6/c1-13-5-4-6-14(11-13)23-18-25-19(24-15-7-8-17(22)16(21)12-15)27-20(26-18)28-9-2-3-10-28/h4-8,11-12H,2-3,9-10H2,1H3,(H2,23,24,25,26,27). The fraction of sp³-hybridized carbons (Fsp3) is 0.250. The van der Waals surface area contributed by atoms with Gasteiger partial charge in [-0.15, -0.1) is 0 Å². The summed E-state index contributed by atoms with van der Waals surface area (Å²) in [6, 6.07) is 12.4. The van der Waals surface area contributed by atoms with Crippen LogP contribution in [0.1, 0.15) is 18.4 Å². The molecule has 0 atom stereocenters. The summed E-state index contributed by atoms with van der Waals surface area (Å²) in [5.41, 5.74) is 2.64. The largest absolute Gasteiger partial charge is 0.341 e. The highest BCUT2D eigenvalue weighted by Crippen LogP contribution is 2.25. The molecule has 0 saturated carbocycles. The molecule has 1 saturated heterocycles. The van der Waals surface area contributed by atoms with Crippen LogP contribution in [-0.2, 0) is 0 Å². The molecule has 3 aromatic rings. The highest BCUT2D eigenvalue weighted by atomic mass is 35.5. The Labute approximate surface area is 167 Å². The second kappa shape index (κ2) is 7.98. The van der Waals surface area contributed by atoms with Crippen LogP contribution in [0.2, 0.25) is 5.02 Å². The highest BCUT2D eigenvalue weighted by Gasteiger charge is 2.18. The number of aryl methyl sites for hydroxylation is 1. The third kappa shape index (κ3) is 4.31. The number of aromatic nitrogens is 3. The van der Waals surface area contributed by atoms with Crippen LogP contribution in [0.5, 0.6) is 0 Å². The number of benzene rings is 2. The lowest BCUT2D eigenvalue weighted by Gasteiger charge is -2.17. The molecule has 8 heteroatoms. The number of halogens is 2. The zero-order valence-electron chi connectivity index (χ0n) is 15.4. The molecule has 1 aromatic heterocycles. The summed E-state index contributed by atoms with van der Waals surface area (Å²) in [4.78, 5) is 15.7. The second-order valence-electron chi connectivity index (χ2n) is 6.73. The third-order valence-corrected chi connectivity index (χ3v) is 4.75. The molecule has 4 rings (SSSR count). The Balaban J connectivity index is 1.66. The Morgan fingerprint density at radius 1 is 0.929 bits per heavy atom. The number of hydrogen-bond acceptors (Lipinski definition) is 6. The molecular formula is C20H20ClFN6. The molecule has 2 N–H and O–H groups in total. The fourth-order valence-electron chi connectivity index (χ4n) is 3.09. The van der Waals surface area contributed by atoms with E-state index in [0.717, 1.165) is 37.2 Å². The molecule has 144 valence electrons. The Kier molecular flexibility index (Phi) is 5.25. The van der Waals surface area contributed by atoms with Gasteiger partial charge in [0, 0.05) is 24.5 Å². The van der Waals surface area contributed by atoms with E-state index in [9.17, 15) is 4.39 Å². The lowest BCUT2D eigenvalue weighted by molar-refractivity contribution is 0.628. The maximum Gasteiger partial charge on any atom is 0.233 e. The first kappa shape index (κ1) is 18.4. The fourth-order valence-corrected chi connectivity index (χ4v) is 3.27. The van der Waals surface area contributed by atoms with Crippen LogP contribution in [-0.4, -0.2) is 28.0 Å². The molecule has 28 heavy (non-hydrogen) atoms. The van der Waals surface area contributed by atoms with Crippen LogP contribution in [0.4, 0.5) is 33.6 Å². The lowest BCUT2D eigenvalue weighted by Crippen LogP contribution is -2.21. The van der Waals surface area contributed by atoms with Crippen LogP contribution in [0.15, 0.2) is 42.5 Å². The number of anilines is 5. The first-order valence-electron chi connectivity index (χ1n) is 9.14. The van der Waals surface area contributed by atoms with Gasteiger partial charge in [-0.05, 0) is 55.7 Å². The van der Waals surface area contributed by atoms with Crippen LogP contribution in [0.3, 0.4) is 0 Å². The Hall–Kier alpha value is -2.93. The first-order valence-corrected chi connectivity index (χ1v) is 9.51. The van der Waals surface area contributed by atoms with Gasteiger partial charge in [0.2, 0.25) is 17.8 Å². The van der Waals surface area contributed by atoms with Gasteiger partial charge in [0.05, 0.1) is 5.02 Å². The van der Waals surface area contributed by atoms with Gasteiger partial charge < -0.3 is 15.5 Å². The van der Waals surface area contributed by atoms with E-state index >= 15 is 0 Å². The van der Waals surface area contributed by atoms with Crippen LogP contribution < -0.4 is 15.5 Å². The minimum atomic E-state index is -0.470. The van der Waals surface area contributed by atoms with Crippen molar-refractivity contribution >= 4 is 40.8 Å². The van der Waals surface area contributed by atoms with Crippen molar-refractivity contribution in [2.24, 2.45) is 0 Å². The molecule has 1 aliphatic rings. The molecular weight excluding hydrogens is 379 g/mol. The predicted molar refractivity (Wildman–Crippen MR) is 110 cm³/mol. The molecule has 2 heterocycles. The zero-order valence-corrected chi connectivity index (χ0v) is 16.2. The Bertz CT molecular complexity index is 990. The van der Waals surface area contributed by atoms with Gasteiger partial charge in [0.15, 0.2) is 0 Å². The quantitative estimate of drug-likeness (QED) is 0.626. The summed E-state index contributed by atoms with van der Waals surface area (Å²) >= 11 is 5.88. The van der Waals surface area contributed by atoms with Crippen molar-refractivity contribution in [3.8, 4) is 0 Å². The van der Waals surface area contributed by atoms with E-state index in [-0.39, 0.29) is 5.02 Å². The van der Waals surface area contributed by atoms with Gasteiger partial charge in [0.25, 0.3) is 0 Å². The normalized spacial score (nSPS) is 13.6. The van der Waals surface area contributed by atoms with E-state index in [0.29, 0.717) is 23.5 Å². The predicted octanol–water partition coefficient (Wildman–Crippen LogP) is 5.06. The molecule has 0 radical (unpaired) electrons.